The van der Waals surface area contributed by atoms with Gasteiger partial charge in [0, 0.05) is 13.1 Å². The van der Waals surface area contributed by atoms with Gasteiger partial charge in [-0.1, -0.05) is 0 Å². The Bertz CT molecular complexity index is 428. The largest absolute Gasteiger partial charge is 0.391 e. The minimum absolute atomic E-state index is 0.328. The first-order valence-corrected chi connectivity index (χ1v) is 5.33. The Balaban J connectivity index is 2.29. The van der Waals surface area contributed by atoms with E-state index in [1.54, 1.807) is 6.07 Å². The molecule has 0 radical (unpaired) electrons. The minimum Gasteiger partial charge on any atom is -0.391 e. The molecule has 0 aromatic heterocycles. The molecule has 1 aliphatic heterocycles. The summed E-state index contributed by atoms with van der Waals surface area (Å²) in [7, 11) is 0. The molecule has 0 spiro atoms. The molecule has 1 atom stereocenters. The second kappa shape index (κ2) is 4.50. The Hall–Kier alpha value is -1.60. The summed E-state index contributed by atoms with van der Waals surface area (Å²) in [6.45, 7) is 1.32. The molecule has 0 unspecified atom stereocenters. The first kappa shape index (κ1) is 10.9. The van der Waals surface area contributed by atoms with E-state index in [-0.39, 0.29) is 6.10 Å². The lowest BCUT2D eigenvalue weighted by atomic mass is 10.1. The molecule has 16 heavy (non-hydrogen) atoms. The van der Waals surface area contributed by atoms with E-state index in [0.29, 0.717) is 17.8 Å². The third-order valence-corrected chi connectivity index (χ3v) is 2.82. The van der Waals surface area contributed by atoms with Crippen LogP contribution < -0.4 is 4.90 Å². The smallest absolute Gasteiger partial charge is 0.124 e. The highest BCUT2D eigenvalue weighted by molar-refractivity contribution is 5.59. The van der Waals surface area contributed by atoms with Crippen LogP contribution in [-0.2, 0) is 0 Å². The van der Waals surface area contributed by atoms with E-state index >= 15 is 0 Å². The van der Waals surface area contributed by atoms with Gasteiger partial charge in [-0.25, -0.2) is 4.39 Å². The summed E-state index contributed by atoms with van der Waals surface area (Å²) in [5.74, 6) is -0.405. The lowest BCUT2D eigenvalue weighted by Crippen LogP contribution is -2.38. The molecule has 4 heteroatoms. The first-order chi connectivity index (χ1) is 7.70. The molecule has 1 heterocycles. The second-order valence-corrected chi connectivity index (χ2v) is 4.02. The van der Waals surface area contributed by atoms with Crippen LogP contribution in [0.3, 0.4) is 0 Å². The predicted molar refractivity (Wildman–Crippen MR) is 58.6 cm³/mol. The van der Waals surface area contributed by atoms with Crippen LogP contribution in [0.4, 0.5) is 10.1 Å². The maximum absolute atomic E-state index is 13.0. The number of benzene rings is 1. The van der Waals surface area contributed by atoms with E-state index in [4.69, 9.17) is 5.26 Å². The number of piperidine rings is 1. The van der Waals surface area contributed by atoms with Crippen LogP contribution in [-0.4, -0.2) is 24.3 Å². The number of hydrogen-bond acceptors (Lipinski definition) is 3. The van der Waals surface area contributed by atoms with Crippen LogP contribution >= 0.6 is 0 Å². The van der Waals surface area contributed by atoms with Gasteiger partial charge >= 0.3 is 0 Å². The van der Waals surface area contributed by atoms with Crippen molar-refractivity contribution in [2.45, 2.75) is 18.9 Å². The van der Waals surface area contributed by atoms with Crippen LogP contribution in [0.25, 0.3) is 0 Å². The van der Waals surface area contributed by atoms with Gasteiger partial charge in [0.2, 0.25) is 0 Å². The number of β-amino-alcohol motifs (C(OH)–C–C–N with tert-alkyl or cyclic N) is 1. The molecule has 3 nitrogen and oxygen atoms in total. The van der Waals surface area contributed by atoms with Crippen LogP contribution in [0.5, 0.6) is 0 Å². The Kier molecular flexibility index (Phi) is 3.07. The van der Waals surface area contributed by atoms with Crippen molar-refractivity contribution in [2.75, 3.05) is 18.0 Å². The van der Waals surface area contributed by atoms with E-state index in [0.717, 1.165) is 19.4 Å². The zero-order valence-electron chi connectivity index (χ0n) is 8.86. The fraction of sp³-hybridized carbons (Fsp3) is 0.417. The zero-order valence-corrected chi connectivity index (χ0v) is 8.86. The van der Waals surface area contributed by atoms with Gasteiger partial charge in [-0.2, -0.15) is 5.26 Å². The number of aliphatic hydroxyl groups excluding tert-OH is 1. The third kappa shape index (κ3) is 2.15. The van der Waals surface area contributed by atoms with Gasteiger partial charge in [-0.05, 0) is 31.0 Å². The van der Waals surface area contributed by atoms with Crippen molar-refractivity contribution in [3.05, 3.63) is 29.6 Å². The molecule has 0 amide bonds. The number of rotatable bonds is 1. The van der Waals surface area contributed by atoms with Crippen molar-refractivity contribution < 1.29 is 9.50 Å². The highest BCUT2D eigenvalue weighted by atomic mass is 19.1. The SMILES string of the molecule is N#Cc1cc(F)ccc1N1CCC[C@@H](O)C1. The average Bonchev–Trinajstić information content (AvgIpc) is 2.28. The summed E-state index contributed by atoms with van der Waals surface area (Å²) >= 11 is 0. The fourth-order valence-electron chi connectivity index (χ4n) is 2.05. The number of nitriles is 1. The number of aliphatic hydroxyl groups is 1. The van der Waals surface area contributed by atoms with Crippen molar-refractivity contribution in [3.63, 3.8) is 0 Å². The van der Waals surface area contributed by atoms with Crippen LogP contribution in [0.15, 0.2) is 18.2 Å². The molecule has 1 fully saturated rings. The van der Waals surface area contributed by atoms with Gasteiger partial charge in [-0.15, -0.1) is 0 Å². The van der Waals surface area contributed by atoms with Crippen molar-refractivity contribution in [1.82, 2.24) is 0 Å². The standard InChI is InChI=1S/C12H13FN2O/c13-10-3-4-12(9(6-10)7-14)15-5-1-2-11(16)8-15/h3-4,6,11,16H,1-2,5,8H2/t11-/m1/s1. The van der Waals surface area contributed by atoms with E-state index in [9.17, 15) is 9.50 Å². The van der Waals surface area contributed by atoms with E-state index in [1.807, 2.05) is 11.0 Å². The van der Waals surface area contributed by atoms with E-state index in [1.165, 1.54) is 12.1 Å². The summed E-state index contributed by atoms with van der Waals surface area (Å²) in [6, 6.07) is 6.17. The van der Waals surface area contributed by atoms with Gasteiger partial charge < -0.3 is 10.0 Å². The molecular weight excluding hydrogens is 207 g/mol. The fourth-order valence-corrected chi connectivity index (χ4v) is 2.05. The number of anilines is 1. The third-order valence-electron chi connectivity index (χ3n) is 2.82. The van der Waals surface area contributed by atoms with Gasteiger partial charge in [0.05, 0.1) is 17.4 Å². The van der Waals surface area contributed by atoms with Crippen LogP contribution in [0, 0.1) is 17.1 Å². The molecule has 1 aliphatic rings. The zero-order chi connectivity index (χ0) is 11.5. The lowest BCUT2D eigenvalue weighted by Gasteiger charge is -2.32. The second-order valence-electron chi connectivity index (χ2n) is 4.02. The van der Waals surface area contributed by atoms with Gasteiger partial charge in [0.25, 0.3) is 0 Å². The molecule has 0 aliphatic carbocycles. The van der Waals surface area contributed by atoms with E-state index < -0.39 is 5.82 Å². The molecule has 1 saturated heterocycles. The summed E-state index contributed by atoms with van der Waals surface area (Å²) in [5, 5.41) is 18.5. The van der Waals surface area contributed by atoms with Crippen molar-refractivity contribution in [1.29, 1.82) is 5.26 Å². The summed E-state index contributed by atoms with van der Waals surface area (Å²) in [5.41, 5.74) is 1.04. The monoisotopic (exact) mass is 220 g/mol. The Morgan fingerprint density at radius 2 is 2.31 bits per heavy atom. The molecule has 0 saturated carbocycles. The van der Waals surface area contributed by atoms with Crippen LogP contribution in [0.2, 0.25) is 0 Å². The summed E-state index contributed by atoms with van der Waals surface area (Å²) in [6.07, 6.45) is 1.33. The number of halogens is 1. The molecule has 1 aromatic carbocycles. The maximum Gasteiger partial charge on any atom is 0.124 e. The molecule has 84 valence electrons. The van der Waals surface area contributed by atoms with Crippen molar-refractivity contribution in [2.24, 2.45) is 0 Å². The quantitative estimate of drug-likeness (QED) is 0.783. The summed E-state index contributed by atoms with van der Waals surface area (Å²) in [4.78, 5) is 1.94. The molecule has 0 bridgehead atoms. The topological polar surface area (TPSA) is 47.3 Å². The molecule has 2 rings (SSSR count). The number of nitrogens with zero attached hydrogens (tertiary/aromatic N) is 2. The van der Waals surface area contributed by atoms with Gasteiger partial charge in [0.15, 0.2) is 0 Å². The first-order valence-electron chi connectivity index (χ1n) is 5.33. The lowest BCUT2D eigenvalue weighted by molar-refractivity contribution is 0.154. The average molecular weight is 220 g/mol. The van der Waals surface area contributed by atoms with Crippen molar-refractivity contribution >= 4 is 5.69 Å². The van der Waals surface area contributed by atoms with Gasteiger partial charge in [0.1, 0.15) is 11.9 Å². The normalized spacial score (nSPS) is 20.6. The highest BCUT2D eigenvalue weighted by Gasteiger charge is 2.20. The Morgan fingerprint density at radius 1 is 1.50 bits per heavy atom. The molecule has 1 aromatic rings. The number of hydrogen-bond donors (Lipinski definition) is 1. The molecular formula is C12H13FN2O. The van der Waals surface area contributed by atoms with Crippen molar-refractivity contribution in [3.8, 4) is 6.07 Å². The van der Waals surface area contributed by atoms with Gasteiger partial charge in [-0.3, -0.25) is 0 Å². The Labute approximate surface area is 93.7 Å². The summed E-state index contributed by atoms with van der Waals surface area (Å²) < 4.78 is 13.0. The highest BCUT2D eigenvalue weighted by Crippen LogP contribution is 2.24. The molecule has 1 N–H and O–H groups in total. The minimum atomic E-state index is -0.405. The predicted octanol–water partition coefficient (Wildman–Crippen LogP) is 1.66. The maximum atomic E-state index is 13.0. The van der Waals surface area contributed by atoms with E-state index in [2.05, 4.69) is 0 Å². The van der Waals surface area contributed by atoms with Crippen LogP contribution in [0.1, 0.15) is 18.4 Å². The Morgan fingerprint density at radius 3 is 3.00 bits per heavy atom.